The van der Waals surface area contributed by atoms with Gasteiger partial charge in [-0.05, 0) is 83.5 Å². The van der Waals surface area contributed by atoms with Crippen molar-refractivity contribution >= 4 is 16.4 Å². The normalized spacial score (nSPS) is 19.7. The lowest BCUT2D eigenvalue weighted by molar-refractivity contribution is -0.301. The van der Waals surface area contributed by atoms with E-state index >= 15 is 0 Å². The number of hydrogen-bond acceptors (Lipinski definition) is 11. The minimum absolute atomic E-state index is 0.00427. The van der Waals surface area contributed by atoms with Crippen molar-refractivity contribution < 1.29 is 56.2 Å². The maximum absolute atomic E-state index is 12.9. The molecule has 0 bridgehead atoms. The van der Waals surface area contributed by atoms with Gasteiger partial charge >= 0.3 is 16.4 Å². The molecule has 1 aliphatic heterocycles. The number of aliphatic hydroxyl groups excluding tert-OH is 3. The molecular formula is C57H100O12S. The minimum atomic E-state index is -5.08. The third-order valence-corrected chi connectivity index (χ3v) is 12.8. The van der Waals surface area contributed by atoms with Crippen LogP contribution in [0.5, 0.6) is 0 Å². The van der Waals surface area contributed by atoms with E-state index in [0.717, 1.165) is 70.6 Å². The Hall–Kier alpha value is -2.46. The molecule has 0 aromatic heterocycles. The van der Waals surface area contributed by atoms with Gasteiger partial charge in [0.05, 0.1) is 19.8 Å². The first-order valence-electron chi connectivity index (χ1n) is 27.7. The predicted octanol–water partition coefficient (Wildman–Crippen LogP) is 13.4. The standard InChI is InChI=1S/C57H100O12S/c1-3-5-7-9-11-13-15-17-19-21-23-24-25-26-27-28-29-30-32-34-36-38-40-42-44-46-53(59)67-51(50-66-57-55(61)56(69-70(62,63)64)54(60)52(48-58)68-57)49-65-47-45-43-41-39-37-35-33-31-22-20-18-16-14-12-10-8-6-4-2/h6,8,12,14,18,20-21,23,31,33,37,39,51-52,54-58,60-61H,3-5,7,9-11,13,15-17,19,22,24-30,32,34-36,38,40-50H2,1-2H3,(H,62,63,64)/b8-6-,14-12-,20-18-,23-21-,33-31-,39-37-. The van der Waals surface area contributed by atoms with Gasteiger partial charge in [-0.1, -0.05) is 202 Å². The molecule has 1 aliphatic rings. The van der Waals surface area contributed by atoms with Gasteiger partial charge in [-0.15, -0.1) is 0 Å². The summed E-state index contributed by atoms with van der Waals surface area (Å²) in [4.78, 5) is 12.9. The lowest BCUT2D eigenvalue weighted by Crippen LogP contribution is -2.60. The summed E-state index contributed by atoms with van der Waals surface area (Å²) in [6.45, 7) is 3.79. The minimum Gasteiger partial charge on any atom is -0.457 e. The molecule has 13 heteroatoms. The van der Waals surface area contributed by atoms with Gasteiger partial charge in [-0.3, -0.25) is 9.35 Å². The van der Waals surface area contributed by atoms with E-state index in [0.29, 0.717) is 13.0 Å². The van der Waals surface area contributed by atoms with Crippen LogP contribution in [0.1, 0.15) is 219 Å². The quantitative estimate of drug-likeness (QED) is 0.0197. The Morgan fingerprint density at radius 3 is 1.46 bits per heavy atom. The van der Waals surface area contributed by atoms with Gasteiger partial charge in [-0.25, -0.2) is 4.18 Å². The van der Waals surface area contributed by atoms with E-state index in [4.69, 9.17) is 18.9 Å². The van der Waals surface area contributed by atoms with Gasteiger partial charge < -0.3 is 34.3 Å². The van der Waals surface area contributed by atoms with E-state index < -0.39 is 59.8 Å². The van der Waals surface area contributed by atoms with Crippen molar-refractivity contribution in [2.75, 3.05) is 26.4 Å². The first kappa shape index (κ1) is 65.6. The van der Waals surface area contributed by atoms with E-state index in [1.807, 2.05) is 0 Å². The number of esters is 1. The zero-order valence-electron chi connectivity index (χ0n) is 43.8. The van der Waals surface area contributed by atoms with Crippen LogP contribution in [0.4, 0.5) is 0 Å². The average molecular weight is 1010 g/mol. The summed E-state index contributed by atoms with van der Waals surface area (Å²) in [6.07, 6.45) is 53.8. The number of rotatable bonds is 48. The number of carbonyl (C=O) groups excluding carboxylic acids is 1. The molecule has 0 aliphatic carbocycles. The molecular weight excluding hydrogens is 909 g/mol. The second-order valence-corrected chi connectivity index (χ2v) is 19.8. The maximum Gasteiger partial charge on any atom is 0.397 e. The van der Waals surface area contributed by atoms with Gasteiger partial charge in [0.25, 0.3) is 0 Å². The first-order chi connectivity index (χ1) is 34.1. The largest absolute Gasteiger partial charge is 0.457 e. The fourth-order valence-corrected chi connectivity index (χ4v) is 8.67. The van der Waals surface area contributed by atoms with E-state index in [1.54, 1.807) is 0 Å². The van der Waals surface area contributed by atoms with Crippen LogP contribution in [0.25, 0.3) is 0 Å². The molecule has 1 heterocycles. The summed E-state index contributed by atoms with van der Waals surface area (Å²) < 4.78 is 59.3. The molecule has 6 unspecified atom stereocenters. The monoisotopic (exact) mass is 1010 g/mol. The lowest BCUT2D eigenvalue weighted by Gasteiger charge is -2.41. The smallest absolute Gasteiger partial charge is 0.397 e. The van der Waals surface area contributed by atoms with Crippen molar-refractivity contribution in [1.29, 1.82) is 0 Å². The van der Waals surface area contributed by atoms with Crippen LogP contribution in [0.2, 0.25) is 0 Å². The Labute approximate surface area is 426 Å². The average Bonchev–Trinajstić information content (AvgIpc) is 3.34. The molecule has 1 rings (SSSR count). The maximum atomic E-state index is 12.9. The summed E-state index contributed by atoms with van der Waals surface area (Å²) in [5.41, 5.74) is 0. The molecule has 0 aromatic rings. The zero-order valence-corrected chi connectivity index (χ0v) is 44.6. The Kier molecular flexibility index (Phi) is 44.5. The van der Waals surface area contributed by atoms with Crippen LogP contribution in [-0.2, 0) is 38.3 Å². The fraction of sp³-hybridized carbons (Fsp3) is 0.772. The highest BCUT2D eigenvalue weighted by molar-refractivity contribution is 7.80. The van der Waals surface area contributed by atoms with Crippen LogP contribution in [-0.4, -0.2) is 97.5 Å². The van der Waals surface area contributed by atoms with Crippen molar-refractivity contribution in [1.82, 2.24) is 0 Å². The molecule has 1 fully saturated rings. The predicted molar refractivity (Wildman–Crippen MR) is 285 cm³/mol. The molecule has 6 atom stereocenters. The summed E-state index contributed by atoms with van der Waals surface area (Å²) >= 11 is 0. The number of carbonyl (C=O) groups is 1. The Bertz CT molecular complexity index is 1490. The van der Waals surface area contributed by atoms with Crippen molar-refractivity contribution in [2.24, 2.45) is 0 Å². The summed E-state index contributed by atoms with van der Waals surface area (Å²) in [6, 6.07) is 0. The van der Waals surface area contributed by atoms with Crippen LogP contribution >= 0.6 is 0 Å². The number of unbranched alkanes of at least 4 members (excludes halogenated alkanes) is 23. The van der Waals surface area contributed by atoms with Gasteiger partial charge in [0, 0.05) is 13.0 Å². The molecule has 12 nitrogen and oxygen atoms in total. The topological polar surface area (TPSA) is 178 Å². The van der Waals surface area contributed by atoms with E-state index in [1.165, 1.54) is 122 Å². The van der Waals surface area contributed by atoms with Crippen molar-refractivity contribution in [3.05, 3.63) is 72.9 Å². The first-order valence-corrected chi connectivity index (χ1v) is 29.1. The molecule has 0 spiro atoms. The highest BCUT2D eigenvalue weighted by atomic mass is 32.3. The van der Waals surface area contributed by atoms with Crippen LogP contribution < -0.4 is 0 Å². The molecule has 0 aromatic carbocycles. The molecule has 0 radical (unpaired) electrons. The van der Waals surface area contributed by atoms with E-state index in [9.17, 15) is 33.1 Å². The Balaban J connectivity index is 2.33. The fourth-order valence-electron chi connectivity index (χ4n) is 8.17. The third-order valence-electron chi connectivity index (χ3n) is 12.3. The zero-order chi connectivity index (χ0) is 51.0. The number of hydrogen-bond donors (Lipinski definition) is 4. The third kappa shape index (κ3) is 40.1. The summed E-state index contributed by atoms with van der Waals surface area (Å²) in [5.74, 6) is -0.414. The Morgan fingerprint density at radius 2 is 0.986 bits per heavy atom. The number of ether oxygens (including phenoxy) is 4. The second-order valence-electron chi connectivity index (χ2n) is 18.8. The van der Waals surface area contributed by atoms with E-state index in [2.05, 4.69) is 90.9 Å². The van der Waals surface area contributed by atoms with E-state index in [-0.39, 0.29) is 19.6 Å². The second kappa shape index (κ2) is 47.5. The molecule has 0 saturated carbocycles. The highest BCUT2D eigenvalue weighted by Crippen LogP contribution is 2.26. The van der Waals surface area contributed by atoms with Crippen LogP contribution in [0, 0.1) is 0 Å². The molecule has 70 heavy (non-hydrogen) atoms. The SMILES string of the molecule is CC/C=C\C/C=C\C/C=C\C/C=C\C/C=C\CCCCOCC(COC1OC(CO)C(O)C(OS(=O)(=O)O)C1O)OC(=O)CCCCCCCCCCCCCCC/C=C\CCCCCCCCCC. The summed E-state index contributed by atoms with van der Waals surface area (Å²) in [5, 5.41) is 30.8. The molecule has 4 N–H and O–H groups in total. The Morgan fingerprint density at radius 1 is 0.557 bits per heavy atom. The van der Waals surface area contributed by atoms with Crippen LogP contribution in [0.15, 0.2) is 72.9 Å². The number of aliphatic hydroxyl groups is 3. The van der Waals surface area contributed by atoms with Crippen molar-refractivity contribution in [3.8, 4) is 0 Å². The summed E-state index contributed by atoms with van der Waals surface area (Å²) in [7, 11) is -5.08. The molecule has 1 saturated heterocycles. The molecule has 0 amide bonds. The molecule has 406 valence electrons. The van der Waals surface area contributed by atoms with Gasteiger partial charge in [0.15, 0.2) is 6.29 Å². The van der Waals surface area contributed by atoms with Gasteiger partial charge in [0.1, 0.15) is 30.5 Å². The van der Waals surface area contributed by atoms with Crippen molar-refractivity contribution in [3.63, 3.8) is 0 Å². The highest BCUT2D eigenvalue weighted by Gasteiger charge is 2.48. The van der Waals surface area contributed by atoms with Crippen LogP contribution in [0.3, 0.4) is 0 Å². The van der Waals surface area contributed by atoms with Gasteiger partial charge in [-0.2, -0.15) is 8.42 Å². The van der Waals surface area contributed by atoms with Gasteiger partial charge in [0.2, 0.25) is 0 Å². The lowest BCUT2D eigenvalue weighted by atomic mass is 9.99. The number of allylic oxidation sites excluding steroid dienone is 12. The van der Waals surface area contributed by atoms with Crippen molar-refractivity contribution in [2.45, 2.75) is 256 Å².